The van der Waals surface area contributed by atoms with Crippen molar-refractivity contribution in [3.8, 4) is 17.2 Å². The largest absolute Gasteiger partial charge is 0.494 e. The number of benzene rings is 2. The van der Waals surface area contributed by atoms with E-state index in [1.54, 1.807) is 37.6 Å². The van der Waals surface area contributed by atoms with E-state index < -0.39 is 0 Å². The number of nitrogens with zero attached hydrogens (tertiary/aromatic N) is 1. The third-order valence-electron chi connectivity index (χ3n) is 3.75. The minimum atomic E-state index is -0.291. The number of carbonyl (C=O) groups is 1. The molecule has 0 aromatic heterocycles. The van der Waals surface area contributed by atoms with Gasteiger partial charge in [-0.2, -0.15) is 5.10 Å². The number of methoxy groups -OCH3 is 1. The van der Waals surface area contributed by atoms with Crippen LogP contribution in [-0.2, 0) is 0 Å². The van der Waals surface area contributed by atoms with Crippen molar-refractivity contribution >= 4 is 12.1 Å². The first kappa shape index (κ1) is 20.3. The third kappa shape index (κ3) is 6.33. The summed E-state index contributed by atoms with van der Waals surface area (Å²) in [6, 6.07) is 12.4. The van der Waals surface area contributed by atoms with Gasteiger partial charge in [-0.1, -0.05) is 13.3 Å². The first-order valence-electron chi connectivity index (χ1n) is 9.05. The van der Waals surface area contributed by atoms with Gasteiger partial charge in [-0.25, -0.2) is 5.43 Å². The summed E-state index contributed by atoms with van der Waals surface area (Å²) in [6.07, 6.45) is 3.62. The van der Waals surface area contributed by atoms with Crippen molar-refractivity contribution in [3.63, 3.8) is 0 Å². The number of hydrogen-bond donors (Lipinski definition) is 1. The molecule has 1 amide bonds. The average Bonchev–Trinajstić information content (AvgIpc) is 2.69. The highest BCUT2D eigenvalue weighted by atomic mass is 16.5. The minimum Gasteiger partial charge on any atom is -0.494 e. The maximum Gasteiger partial charge on any atom is 0.271 e. The quantitative estimate of drug-likeness (QED) is 0.389. The van der Waals surface area contributed by atoms with Gasteiger partial charge in [-0.05, 0) is 61.4 Å². The summed E-state index contributed by atoms with van der Waals surface area (Å²) in [7, 11) is 1.59. The zero-order chi connectivity index (χ0) is 19.5. The molecule has 0 heterocycles. The smallest absolute Gasteiger partial charge is 0.271 e. The van der Waals surface area contributed by atoms with Crippen LogP contribution in [0.1, 0.15) is 42.6 Å². The van der Waals surface area contributed by atoms with Crippen LogP contribution in [0.25, 0.3) is 0 Å². The molecular formula is C21H26N2O4. The Bertz CT molecular complexity index is 757. The second-order valence-electron chi connectivity index (χ2n) is 5.77. The number of rotatable bonds is 10. The SMILES string of the molecule is CCCCOc1ccc(/C=N\NC(=O)c2ccc(OCC)cc2)cc1OC. The van der Waals surface area contributed by atoms with Gasteiger partial charge in [0.25, 0.3) is 5.91 Å². The number of carbonyl (C=O) groups excluding carboxylic acids is 1. The molecule has 0 radical (unpaired) electrons. The van der Waals surface area contributed by atoms with Crippen LogP contribution in [0.3, 0.4) is 0 Å². The maximum absolute atomic E-state index is 12.1. The van der Waals surface area contributed by atoms with Crippen molar-refractivity contribution in [1.29, 1.82) is 0 Å². The summed E-state index contributed by atoms with van der Waals surface area (Å²) in [6.45, 7) is 5.26. The molecule has 0 bridgehead atoms. The monoisotopic (exact) mass is 370 g/mol. The van der Waals surface area contributed by atoms with Crippen LogP contribution in [0.5, 0.6) is 17.2 Å². The van der Waals surface area contributed by atoms with Crippen molar-refractivity contribution < 1.29 is 19.0 Å². The Morgan fingerprint density at radius 2 is 1.85 bits per heavy atom. The summed E-state index contributed by atoms with van der Waals surface area (Å²) in [4.78, 5) is 12.1. The molecule has 27 heavy (non-hydrogen) atoms. The highest BCUT2D eigenvalue weighted by Crippen LogP contribution is 2.27. The number of amides is 1. The standard InChI is InChI=1S/C21H26N2O4/c1-4-6-13-27-19-12-7-16(14-20(19)25-3)15-22-23-21(24)17-8-10-18(11-9-17)26-5-2/h7-12,14-15H,4-6,13H2,1-3H3,(H,23,24)/b22-15-. The Morgan fingerprint density at radius 3 is 2.52 bits per heavy atom. The summed E-state index contributed by atoms with van der Waals surface area (Å²) in [5.74, 6) is 1.76. The molecule has 0 saturated carbocycles. The van der Waals surface area contributed by atoms with Crippen LogP contribution in [0, 0.1) is 0 Å². The molecule has 1 N–H and O–H groups in total. The van der Waals surface area contributed by atoms with E-state index in [0.29, 0.717) is 30.3 Å². The summed E-state index contributed by atoms with van der Waals surface area (Å²) >= 11 is 0. The molecule has 0 fully saturated rings. The molecule has 2 aromatic rings. The lowest BCUT2D eigenvalue weighted by Crippen LogP contribution is -2.17. The van der Waals surface area contributed by atoms with Gasteiger partial charge in [0.1, 0.15) is 5.75 Å². The Balaban J connectivity index is 1.95. The molecule has 0 unspecified atom stereocenters. The van der Waals surface area contributed by atoms with E-state index in [1.165, 1.54) is 0 Å². The fourth-order valence-electron chi connectivity index (χ4n) is 2.31. The van der Waals surface area contributed by atoms with Crippen molar-refractivity contribution in [2.24, 2.45) is 5.10 Å². The van der Waals surface area contributed by atoms with Gasteiger partial charge in [-0.15, -0.1) is 0 Å². The Morgan fingerprint density at radius 1 is 1.07 bits per heavy atom. The molecule has 144 valence electrons. The predicted octanol–water partition coefficient (Wildman–Crippen LogP) is 4.04. The first-order valence-corrected chi connectivity index (χ1v) is 9.05. The van der Waals surface area contributed by atoms with Gasteiger partial charge in [0, 0.05) is 5.56 Å². The lowest BCUT2D eigenvalue weighted by molar-refractivity contribution is 0.0955. The van der Waals surface area contributed by atoms with E-state index in [0.717, 1.165) is 24.2 Å². The number of hydrazone groups is 1. The highest BCUT2D eigenvalue weighted by Gasteiger charge is 2.06. The van der Waals surface area contributed by atoms with Gasteiger partial charge >= 0.3 is 0 Å². The Kier molecular flexibility index (Phi) is 8.16. The second kappa shape index (κ2) is 10.9. The fourth-order valence-corrected chi connectivity index (χ4v) is 2.31. The molecule has 2 rings (SSSR count). The lowest BCUT2D eigenvalue weighted by atomic mass is 10.2. The van der Waals surface area contributed by atoms with Crippen molar-refractivity contribution in [2.75, 3.05) is 20.3 Å². The minimum absolute atomic E-state index is 0.291. The lowest BCUT2D eigenvalue weighted by Gasteiger charge is -2.10. The van der Waals surface area contributed by atoms with E-state index in [1.807, 2.05) is 25.1 Å². The van der Waals surface area contributed by atoms with E-state index in [4.69, 9.17) is 14.2 Å². The number of hydrogen-bond acceptors (Lipinski definition) is 5. The zero-order valence-electron chi connectivity index (χ0n) is 16.0. The molecule has 0 aliphatic rings. The van der Waals surface area contributed by atoms with Gasteiger partial charge in [0.2, 0.25) is 0 Å². The molecule has 0 aliphatic heterocycles. The van der Waals surface area contributed by atoms with Gasteiger partial charge in [-0.3, -0.25) is 4.79 Å². The van der Waals surface area contributed by atoms with Crippen LogP contribution >= 0.6 is 0 Å². The third-order valence-corrected chi connectivity index (χ3v) is 3.75. The number of unbranched alkanes of at least 4 members (excludes halogenated alkanes) is 1. The van der Waals surface area contributed by atoms with Crippen LogP contribution in [0.4, 0.5) is 0 Å². The Hall–Kier alpha value is -3.02. The number of nitrogens with one attached hydrogen (secondary N) is 1. The average molecular weight is 370 g/mol. The molecule has 0 spiro atoms. The van der Waals surface area contributed by atoms with Crippen LogP contribution < -0.4 is 19.6 Å². The van der Waals surface area contributed by atoms with Crippen LogP contribution in [0.15, 0.2) is 47.6 Å². The van der Waals surface area contributed by atoms with Crippen molar-refractivity contribution in [1.82, 2.24) is 5.43 Å². The van der Waals surface area contributed by atoms with E-state index >= 15 is 0 Å². The first-order chi connectivity index (χ1) is 13.2. The molecular weight excluding hydrogens is 344 g/mol. The van der Waals surface area contributed by atoms with Crippen LogP contribution in [-0.4, -0.2) is 32.4 Å². The van der Waals surface area contributed by atoms with Gasteiger partial charge in [0.05, 0.1) is 26.5 Å². The summed E-state index contributed by atoms with van der Waals surface area (Å²) in [5, 5.41) is 4.01. The van der Waals surface area contributed by atoms with Crippen molar-refractivity contribution in [2.45, 2.75) is 26.7 Å². The van der Waals surface area contributed by atoms with E-state index in [2.05, 4.69) is 17.5 Å². The van der Waals surface area contributed by atoms with Gasteiger partial charge < -0.3 is 14.2 Å². The predicted molar refractivity (Wildman–Crippen MR) is 106 cm³/mol. The maximum atomic E-state index is 12.1. The Labute approximate surface area is 160 Å². The second-order valence-corrected chi connectivity index (χ2v) is 5.77. The molecule has 0 atom stereocenters. The normalized spacial score (nSPS) is 10.6. The summed E-state index contributed by atoms with van der Waals surface area (Å²) in [5.41, 5.74) is 3.81. The van der Waals surface area contributed by atoms with E-state index in [9.17, 15) is 4.79 Å². The molecule has 6 nitrogen and oxygen atoms in total. The molecule has 0 saturated heterocycles. The molecule has 2 aromatic carbocycles. The van der Waals surface area contributed by atoms with Gasteiger partial charge in [0.15, 0.2) is 11.5 Å². The molecule has 0 aliphatic carbocycles. The molecule has 6 heteroatoms. The van der Waals surface area contributed by atoms with Crippen molar-refractivity contribution in [3.05, 3.63) is 53.6 Å². The van der Waals surface area contributed by atoms with E-state index in [-0.39, 0.29) is 5.91 Å². The summed E-state index contributed by atoms with van der Waals surface area (Å²) < 4.78 is 16.4. The van der Waals surface area contributed by atoms with Crippen LogP contribution in [0.2, 0.25) is 0 Å². The topological polar surface area (TPSA) is 69.2 Å². The number of ether oxygens (including phenoxy) is 3. The highest BCUT2D eigenvalue weighted by molar-refractivity contribution is 5.95. The zero-order valence-corrected chi connectivity index (χ0v) is 16.0. The fraction of sp³-hybridized carbons (Fsp3) is 0.333.